The van der Waals surface area contributed by atoms with Gasteiger partial charge in [-0.3, -0.25) is 0 Å². The lowest BCUT2D eigenvalue weighted by molar-refractivity contribution is 0.572. The molecule has 1 heterocycles. The number of nitrogens with one attached hydrogen (secondary N) is 1. The van der Waals surface area contributed by atoms with Crippen LogP contribution in [-0.2, 0) is 0 Å². The Hall–Kier alpha value is -1.39. The number of hydrogen-bond donors (Lipinski definition) is 1. The minimum Gasteiger partial charge on any atom is -0.368 e. The average molecular weight is 227 g/mol. The molecule has 2 rings (SSSR count). The van der Waals surface area contributed by atoms with E-state index in [0.29, 0.717) is 12.6 Å². The lowest BCUT2D eigenvalue weighted by Crippen LogP contribution is -2.22. The van der Waals surface area contributed by atoms with Gasteiger partial charge < -0.3 is 10.2 Å². The van der Waals surface area contributed by atoms with Gasteiger partial charge >= 0.3 is 0 Å². The molecule has 0 spiro atoms. The topological polar surface area (TPSA) is 28.2 Å². The van der Waals surface area contributed by atoms with E-state index in [-0.39, 0.29) is 11.6 Å². The molecule has 0 atom stereocenters. The van der Waals surface area contributed by atoms with Crippen LogP contribution in [0.15, 0.2) is 6.07 Å². The highest BCUT2D eigenvalue weighted by Crippen LogP contribution is 2.31. The number of halogens is 2. The number of pyridine rings is 1. The van der Waals surface area contributed by atoms with Crippen LogP contribution in [0, 0.1) is 11.6 Å². The van der Waals surface area contributed by atoms with E-state index in [1.54, 1.807) is 11.9 Å². The molecule has 0 bridgehead atoms. The lowest BCUT2D eigenvalue weighted by Gasteiger charge is -2.19. The lowest BCUT2D eigenvalue weighted by atomic mass is 10.3. The molecule has 16 heavy (non-hydrogen) atoms. The number of aromatic nitrogens is 1. The van der Waals surface area contributed by atoms with E-state index < -0.39 is 11.6 Å². The van der Waals surface area contributed by atoms with Gasteiger partial charge in [-0.15, -0.1) is 0 Å². The summed E-state index contributed by atoms with van der Waals surface area (Å²) in [6.07, 6.45) is 2.09. The Morgan fingerprint density at radius 2 is 2.12 bits per heavy atom. The van der Waals surface area contributed by atoms with Crippen molar-refractivity contribution in [1.82, 2.24) is 4.98 Å². The van der Waals surface area contributed by atoms with Crippen LogP contribution in [0.5, 0.6) is 0 Å². The van der Waals surface area contributed by atoms with Gasteiger partial charge in [0.05, 0.1) is 0 Å². The van der Waals surface area contributed by atoms with E-state index in [4.69, 9.17) is 0 Å². The van der Waals surface area contributed by atoms with Gasteiger partial charge in [-0.05, 0) is 19.8 Å². The van der Waals surface area contributed by atoms with Gasteiger partial charge in [0.25, 0.3) is 0 Å². The number of rotatable bonds is 4. The minimum absolute atomic E-state index is 0.117. The van der Waals surface area contributed by atoms with Crippen LogP contribution >= 0.6 is 0 Å². The van der Waals surface area contributed by atoms with Gasteiger partial charge in [0.2, 0.25) is 0 Å². The van der Waals surface area contributed by atoms with Crippen molar-refractivity contribution in [3.05, 3.63) is 17.7 Å². The molecule has 1 aromatic heterocycles. The largest absolute Gasteiger partial charge is 0.368 e. The standard InChI is InChI=1S/C11H15F2N3/c1-3-14-10-8(12)6-9(13)11(15-10)16(2)7-4-5-7/h6-7H,3-5H2,1-2H3,(H,14,15). The summed E-state index contributed by atoms with van der Waals surface area (Å²) >= 11 is 0. The molecule has 1 aromatic rings. The van der Waals surface area contributed by atoms with E-state index in [1.807, 2.05) is 6.92 Å². The Balaban J connectivity index is 2.32. The van der Waals surface area contributed by atoms with E-state index in [2.05, 4.69) is 10.3 Å². The Kier molecular flexibility index (Phi) is 2.94. The summed E-state index contributed by atoms with van der Waals surface area (Å²) in [4.78, 5) is 5.76. The maximum Gasteiger partial charge on any atom is 0.168 e. The first-order valence-electron chi connectivity index (χ1n) is 5.46. The summed E-state index contributed by atoms with van der Waals surface area (Å²) in [5.74, 6) is -0.910. The third kappa shape index (κ3) is 2.08. The van der Waals surface area contributed by atoms with Crippen molar-refractivity contribution in [2.24, 2.45) is 0 Å². The van der Waals surface area contributed by atoms with Crippen LogP contribution in [0.1, 0.15) is 19.8 Å². The van der Waals surface area contributed by atoms with Crippen molar-refractivity contribution in [1.29, 1.82) is 0 Å². The maximum absolute atomic E-state index is 13.5. The molecule has 0 aliphatic heterocycles. The predicted octanol–water partition coefficient (Wildman–Crippen LogP) is 2.39. The fraction of sp³-hybridized carbons (Fsp3) is 0.545. The fourth-order valence-corrected chi connectivity index (χ4v) is 1.63. The van der Waals surface area contributed by atoms with Crippen molar-refractivity contribution < 1.29 is 8.78 Å². The summed E-state index contributed by atoms with van der Waals surface area (Å²) in [6.45, 7) is 2.40. The Bertz CT molecular complexity index is 391. The average Bonchev–Trinajstić information content (AvgIpc) is 3.05. The van der Waals surface area contributed by atoms with Crippen LogP contribution < -0.4 is 10.2 Å². The zero-order valence-corrected chi connectivity index (χ0v) is 9.43. The summed E-state index contributed by atoms with van der Waals surface area (Å²) in [5, 5.41) is 2.78. The van der Waals surface area contributed by atoms with Gasteiger partial charge in [0.1, 0.15) is 0 Å². The molecular formula is C11H15F2N3. The Labute approximate surface area is 93.5 Å². The quantitative estimate of drug-likeness (QED) is 0.856. The SMILES string of the molecule is CCNc1nc(N(C)C2CC2)c(F)cc1F. The zero-order chi connectivity index (χ0) is 11.7. The van der Waals surface area contributed by atoms with Crippen LogP contribution in [0.2, 0.25) is 0 Å². The Morgan fingerprint density at radius 3 is 2.69 bits per heavy atom. The van der Waals surface area contributed by atoms with Crippen molar-refractivity contribution in [3.63, 3.8) is 0 Å². The third-order valence-electron chi connectivity index (χ3n) is 2.68. The van der Waals surface area contributed by atoms with Crippen LogP contribution in [0.3, 0.4) is 0 Å². The minimum atomic E-state index is -0.646. The predicted molar refractivity (Wildman–Crippen MR) is 59.7 cm³/mol. The molecule has 0 aromatic carbocycles. The van der Waals surface area contributed by atoms with E-state index in [1.165, 1.54) is 0 Å². The molecule has 0 amide bonds. The van der Waals surface area contributed by atoms with Gasteiger partial charge in [0.15, 0.2) is 23.3 Å². The molecule has 0 saturated heterocycles. The van der Waals surface area contributed by atoms with E-state index >= 15 is 0 Å². The fourth-order valence-electron chi connectivity index (χ4n) is 1.63. The maximum atomic E-state index is 13.5. The molecule has 1 aliphatic rings. The highest BCUT2D eigenvalue weighted by atomic mass is 19.1. The smallest absolute Gasteiger partial charge is 0.168 e. The first kappa shape index (κ1) is 11.1. The van der Waals surface area contributed by atoms with Crippen LogP contribution in [0.4, 0.5) is 20.4 Å². The highest BCUT2D eigenvalue weighted by molar-refractivity contribution is 5.50. The monoisotopic (exact) mass is 227 g/mol. The van der Waals surface area contributed by atoms with E-state index in [9.17, 15) is 8.78 Å². The van der Waals surface area contributed by atoms with Crippen molar-refractivity contribution in [3.8, 4) is 0 Å². The second kappa shape index (κ2) is 4.23. The van der Waals surface area contributed by atoms with Crippen LogP contribution in [-0.4, -0.2) is 24.6 Å². The Morgan fingerprint density at radius 1 is 1.44 bits per heavy atom. The summed E-state index contributed by atoms with van der Waals surface area (Å²) in [6, 6.07) is 1.24. The van der Waals surface area contributed by atoms with Gasteiger partial charge in [0, 0.05) is 25.7 Å². The normalized spacial score (nSPS) is 15.0. The molecule has 0 unspecified atom stereocenters. The first-order chi connectivity index (χ1) is 7.63. The van der Waals surface area contributed by atoms with Gasteiger partial charge in [-0.1, -0.05) is 0 Å². The molecule has 1 saturated carbocycles. The van der Waals surface area contributed by atoms with Crippen molar-refractivity contribution >= 4 is 11.6 Å². The highest BCUT2D eigenvalue weighted by Gasteiger charge is 2.29. The van der Waals surface area contributed by atoms with E-state index in [0.717, 1.165) is 18.9 Å². The molecule has 1 fully saturated rings. The molecule has 1 aliphatic carbocycles. The second-order valence-corrected chi connectivity index (χ2v) is 4.00. The second-order valence-electron chi connectivity index (χ2n) is 4.00. The molecule has 1 N–H and O–H groups in total. The first-order valence-corrected chi connectivity index (χ1v) is 5.46. The summed E-state index contributed by atoms with van der Waals surface area (Å²) in [7, 11) is 1.79. The third-order valence-corrected chi connectivity index (χ3v) is 2.68. The molecule has 3 nitrogen and oxygen atoms in total. The number of anilines is 2. The number of hydrogen-bond acceptors (Lipinski definition) is 3. The molecule has 88 valence electrons. The van der Waals surface area contributed by atoms with Crippen molar-refractivity contribution in [2.75, 3.05) is 23.8 Å². The number of nitrogens with zero attached hydrogens (tertiary/aromatic N) is 2. The van der Waals surface area contributed by atoms with Gasteiger partial charge in [-0.2, -0.15) is 0 Å². The van der Waals surface area contributed by atoms with Gasteiger partial charge in [-0.25, -0.2) is 13.8 Å². The molecule has 0 radical (unpaired) electrons. The van der Waals surface area contributed by atoms with Crippen LogP contribution in [0.25, 0.3) is 0 Å². The summed E-state index contributed by atoms with van der Waals surface area (Å²) < 4.78 is 26.9. The molecular weight excluding hydrogens is 212 g/mol. The zero-order valence-electron chi connectivity index (χ0n) is 9.43. The van der Waals surface area contributed by atoms with Crippen molar-refractivity contribution in [2.45, 2.75) is 25.8 Å². The summed E-state index contributed by atoms with van der Waals surface area (Å²) in [5.41, 5.74) is 0. The molecule has 5 heteroatoms.